The van der Waals surface area contributed by atoms with Gasteiger partial charge in [0.05, 0.1) is 6.10 Å². The molecule has 2 bridgehead atoms. The Bertz CT molecular complexity index is 265. The zero-order valence-electron chi connectivity index (χ0n) is 10.1. The van der Waals surface area contributed by atoms with E-state index in [1.54, 1.807) is 0 Å². The second kappa shape index (κ2) is 3.48. The van der Waals surface area contributed by atoms with Gasteiger partial charge in [-0.25, -0.2) is 0 Å². The molecule has 0 radical (unpaired) electrons. The van der Waals surface area contributed by atoms with Gasteiger partial charge in [0, 0.05) is 0 Å². The number of fused-ring (bicyclic) bond motifs is 5. The van der Waals surface area contributed by atoms with Crippen LogP contribution in [-0.4, -0.2) is 11.2 Å². The zero-order chi connectivity index (χ0) is 10.7. The first-order valence-corrected chi connectivity index (χ1v) is 7.52. The standard InChI is InChI=1S/C15H24O/c16-12(7-9-3-1-2-4-9)15-13-10-5-6-11(8-10)14(13)15/h9-16H,1-8H2. The largest absolute Gasteiger partial charge is 0.393 e. The van der Waals surface area contributed by atoms with E-state index in [2.05, 4.69) is 0 Å². The summed E-state index contributed by atoms with van der Waals surface area (Å²) in [5.74, 6) is 5.60. The molecule has 0 spiro atoms. The molecule has 1 heteroatoms. The highest BCUT2D eigenvalue weighted by atomic mass is 16.3. The van der Waals surface area contributed by atoms with E-state index in [1.165, 1.54) is 44.9 Å². The second-order valence-electron chi connectivity index (χ2n) is 7.02. The molecular formula is C15H24O. The molecule has 0 amide bonds. The normalized spacial score (nSPS) is 51.9. The van der Waals surface area contributed by atoms with Gasteiger partial charge in [0.25, 0.3) is 0 Å². The molecule has 4 aliphatic carbocycles. The van der Waals surface area contributed by atoms with E-state index in [0.29, 0.717) is 0 Å². The summed E-state index contributed by atoms with van der Waals surface area (Å²) in [5, 5.41) is 10.4. The summed E-state index contributed by atoms with van der Waals surface area (Å²) < 4.78 is 0. The SMILES string of the molecule is OC(CC1CCCC1)C1C2C3CCC(C3)C12. The fourth-order valence-corrected chi connectivity index (χ4v) is 5.65. The van der Waals surface area contributed by atoms with Crippen LogP contribution in [0.2, 0.25) is 0 Å². The molecular weight excluding hydrogens is 196 g/mol. The summed E-state index contributed by atoms with van der Waals surface area (Å²) in [6.07, 6.45) is 11.3. The molecule has 0 aromatic carbocycles. The Hall–Kier alpha value is -0.0400. The second-order valence-corrected chi connectivity index (χ2v) is 7.02. The van der Waals surface area contributed by atoms with E-state index in [4.69, 9.17) is 0 Å². The lowest BCUT2D eigenvalue weighted by atomic mass is 9.92. The maximum absolute atomic E-state index is 10.4. The summed E-state index contributed by atoms with van der Waals surface area (Å²) in [6.45, 7) is 0. The van der Waals surface area contributed by atoms with Gasteiger partial charge in [0.1, 0.15) is 0 Å². The maximum Gasteiger partial charge on any atom is 0.0576 e. The van der Waals surface area contributed by atoms with E-state index in [0.717, 1.165) is 41.9 Å². The molecule has 0 heterocycles. The van der Waals surface area contributed by atoms with Gasteiger partial charge in [-0.3, -0.25) is 0 Å². The molecule has 4 saturated carbocycles. The lowest BCUT2D eigenvalue weighted by Gasteiger charge is -2.18. The molecule has 1 N–H and O–H groups in total. The van der Waals surface area contributed by atoms with E-state index in [1.807, 2.05) is 0 Å². The monoisotopic (exact) mass is 220 g/mol. The number of aliphatic hydroxyl groups excluding tert-OH is 1. The number of hydrogen-bond acceptors (Lipinski definition) is 1. The van der Waals surface area contributed by atoms with Crippen LogP contribution in [0, 0.1) is 35.5 Å². The van der Waals surface area contributed by atoms with Crippen molar-refractivity contribution in [3.63, 3.8) is 0 Å². The van der Waals surface area contributed by atoms with E-state index in [9.17, 15) is 5.11 Å². The topological polar surface area (TPSA) is 20.2 Å². The first kappa shape index (κ1) is 9.94. The van der Waals surface area contributed by atoms with Crippen LogP contribution in [-0.2, 0) is 0 Å². The average Bonchev–Trinajstić information content (AvgIpc) is 2.73. The zero-order valence-corrected chi connectivity index (χ0v) is 10.1. The number of hydrogen-bond donors (Lipinski definition) is 1. The lowest BCUT2D eigenvalue weighted by Crippen LogP contribution is -2.18. The molecule has 0 aromatic heterocycles. The van der Waals surface area contributed by atoms with Crippen molar-refractivity contribution < 1.29 is 5.11 Å². The van der Waals surface area contributed by atoms with E-state index in [-0.39, 0.29) is 6.10 Å². The minimum absolute atomic E-state index is 0.0708. The van der Waals surface area contributed by atoms with Crippen molar-refractivity contribution in [1.29, 1.82) is 0 Å². The van der Waals surface area contributed by atoms with E-state index < -0.39 is 0 Å². The average molecular weight is 220 g/mol. The van der Waals surface area contributed by atoms with Crippen LogP contribution in [0.3, 0.4) is 0 Å². The minimum Gasteiger partial charge on any atom is -0.393 e. The van der Waals surface area contributed by atoms with Gasteiger partial charge in [-0.15, -0.1) is 0 Å². The van der Waals surface area contributed by atoms with Gasteiger partial charge in [0.15, 0.2) is 0 Å². The summed E-state index contributed by atoms with van der Waals surface area (Å²) in [7, 11) is 0. The molecule has 0 aliphatic heterocycles. The van der Waals surface area contributed by atoms with Crippen LogP contribution in [0.4, 0.5) is 0 Å². The van der Waals surface area contributed by atoms with Crippen LogP contribution in [0.5, 0.6) is 0 Å². The molecule has 16 heavy (non-hydrogen) atoms. The third kappa shape index (κ3) is 1.33. The van der Waals surface area contributed by atoms with E-state index >= 15 is 0 Å². The fourth-order valence-electron chi connectivity index (χ4n) is 5.65. The molecule has 4 rings (SSSR count). The molecule has 4 fully saturated rings. The Labute approximate surface area is 98.6 Å². The minimum atomic E-state index is 0.0708. The molecule has 4 aliphatic rings. The highest BCUT2D eigenvalue weighted by Gasteiger charge is 2.66. The molecule has 1 nitrogen and oxygen atoms in total. The van der Waals surface area contributed by atoms with Crippen molar-refractivity contribution >= 4 is 0 Å². The smallest absolute Gasteiger partial charge is 0.0576 e. The molecule has 0 saturated heterocycles. The van der Waals surface area contributed by atoms with Gasteiger partial charge < -0.3 is 5.11 Å². The lowest BCUT2D eigenvalue weighted by molar-refractivity contribution is 0.102. The summed E-state index contributed by atoms with van der Waals surface area (Å²) in [5.41, 5.74) is 0. The summed E-state index contributed by atoms with van der Waals surface area (Å²) >= 11 is 0. The van der Waals surface area contributed by atoms with Crippen molar-refractivity contribution in [2.75, 3.05) is 0 Å². The molecule has 5 unspecified atom stereocenters. The maximum atomic E-state index is 10.4. The molecule has 90 valence electrons. The third-order valence-electron chi connectivity index (χ3n) is 6.29. The van der Waals surface area contributed by atoms with Gasteiger partial charge in [-0.1, -0.05) is 25.7 Å². The Morgan fingerprint density at radius 1 is 0.938 bits per heavy atom. The van der Waals surface area contributed by atoms with Crippen molar-refractivity contribution in [2.24, 2.45) is 35.5 Å². The Kier molecular flexibility index (Phi) is 2.16. The number of aliphatic hydroxyl groups is 1. The third-order valence-corrected chi connectivity index (χ3v) is 6.29. The van der Waals surface area contributed by atoms with Crippen molar-refractivity contribution in [3.05, 3.63) is 0 Å². The summed E-state index contributed by atoms with van der Waals surface area (Å²) in [6, 6.07) is 0. The van der Waals surface area contributed by atoms with Crippen molar-refractivity contribution in [3.8, 4) is 0 Å². The predicted octanol–water partition coefficient (Wildman–Crippen LogP) is 3.22. The van der Waals surface area contributed by atoms with Crippen LogP contribution in [0.1, 0.15) is 51.4 Å². The van der Waals surface area contributed by atoms with Gasteiger partial charge in [0.2, 0.25) is 0 Å². The van der Waals surface area contributed by atoms with Crippen LogP contribution >= 0.6 is 0 Å². The Balaban J connectivity index is 1.37. The first-order chi connectivity index (χ1) is 7.84. The predicted molar refractivity (Wildman–Crippen MR) is 63.9 cm³/mol. The quantitative estimate of drug-likeness (QED) is 0.774. The number of rotatable bonds is 3. The summed E-state index contributed by atoms with van der Waals surface area (Å²) in [4.78, 5) is 0. The van der Waals surface area contributed by atoms with Crippen LogP contribution in [0.25, 0.3) is 0 Å². The van der Waals surface area contributed by atoms with Gasteiger partial charge in [-0.2, -0.15) is 0 Å². The first-order valence-electron chi connectivity index (χ1n) is 7.52. The fraction of sp³-hybridized carbons (Fsp3) is 1.00. The van der Waals surface area contributed by atoms with Crippen molar-refractivity contribution in [2.45, 2.75) is 57.5 Å². The van der Waals surface area contributed by atoms with Crippen LogP contribution < -0.4 is 0 Å². The van der Waals surface area contributed by atoms with Gasteiger partial charge in [-0.05, 0) is 61.2 Å². The molecule has 5 atom stereocenters. The highest BCUT2D eigenvalue weighted by molar-refractivity contribution is 5.14. The van der Waals surface area contributed by atoms with Crippen molar-refractivity contribution in [1.82, 2.24) is 0 Å². The highest BCUT2D eigenvalue weighted by Crippen LogP contribution is 2.70. The van der Waals surface area contributed by atoms with Gasteiger partial charge >= 0.3 is 0 Å². The Morgan fingerprint density at radius 2 is 1.56 bits per heavy atom. The Morgan fingerprint density at radius 3 is 2.19 bits per heavy atom. The molecule has 0 aromatic rings. The van der Waals surface area contributed by atoms with Crippen LogP contribution in [0.15, 0.2) is 0 Å².